The third-order valence-corrected chi connectivity index (χ3v) is 5.52. The molecule has 27 heavy (non-hydrogen) atoms. The summed E-state index contributed by atoms with van der Waals surface area (Å²) in [6.07, 6.45) is 2.86. The first-order valence-electron chi connectivity index (χ1n) is 9.36. The molecule has 0 atom stereocenters. The van der Waals surface area contributed by atoms with E-state index in [-0.39, 0.29) is 5.78 Å². The summed E-state index contributed by atoms with van der Waals surface area (Å²) in [6.45, 7) is 7.08. The number of benzene rings is 1. The minimum atomic E-state index is 0.126. The van der Waals surface area contributed by atoms with Crippen LogP contribution in [0.2, 0.25) is 0 Å². The molecular formula is C21H26N4OS. The Hall–Kier alpha value is -2.34. The maximum Gasteiger partial charge on any atom is 0.208 e. The summed E-state index contributed by atoms with van der Waals surface area (Å²) < 4.78 is 2.23. The smallest absolute Gasteiger partial charge is 0.208 e. The van der Waals surface area contributed by atoms with Crippen LogP contribution < -0.4 is 0 Å². The number of ketones is 1. The highest BCUT2D eigenvalue weighted by Gasteiger charge is 2.17. The molecule has 142 valence electrons. The van der Waals surface area contributed by atoms with Gasteiger partial charge in [-0.05, 0) is 38.3 Å². The Morgan fingerprint density at radius 2 is 1.96 bits per heavy atom. The summed E-state index contributed by atoms with van der Waals surface area (Å²) >= 11 is 1.39. The predicted molar refractivity (Wildman–Crippen MR) is 109 cm³/mol. The van der Waals surface area contributed by atoms with Gasteiger partial charge < -0.3 is 4.57 Å². The second kappa shape index (κ2) is 9.04. The molecule has 0 bridgehead atoms. The van der Waals surface area contributed by atoms with E-state index in [2.05, 4.69) is 57.9 Å². The summed E-state index contributed by atoms with van der Waals surface area (Å²) in [5, 5.41) is 7.75. The first kappa shape index (κ1) is 19.4. The average molecular weight is 383 g/mol. The van der Waals surface area contributed by atoms with Gasteiger partial charge in [0.1, 0.15) is 5.82 Å². The van der Waals surface area contributed by atoms with Crippen molar-refractivity contribution >= 4 is 17.5 Å². The van der Waals surface area contributed by atoms with Crippen molar-refractivity contribution < 1.29 is 4.79 Å². The van der Waals surface area contributed by atoms with Crippen LogP contribution in [0.15, 0.2) is 41.6 Å². The lowest BCUT2D eigenvalue weighted by molar-refractivity contribution is 0.102. The number of H-pyrrole nitrogens is 1. The zero-order valence-corrected chi connectivity index (χ0v) is 17.0. The number of aromatic amines is 1. The van der Waals surface area contributed by atoms with Crippen molar-refractivity contribution in [3.63, 3.8) is 0 Å². The zero-order chi connectivity index (χ0) is 19.2. The molecule has 0 amide bonds. The summed E-state index contributed by atoms with van der Waals surface area (Å²) in [5.41, 5.74) is 4.27. The first-order valence-corrected chi connectivity index (χ1v) is 10.3. The van der Waals surface area contributed by atoms with Gasteiger partial charge in [-0.15, -0.1) is 5.10 Å². The molecular weight excluding hydrogens is 356 g/mol. The highest BCUT2D eigenvalue weighted by Crippen LogP contribution is 2.20. The molecule has 1 N–H and O–H groups in total. The van der Waals surface area contributed by atoms with Gasteiger partial charge >= 0.3 is 0 Å². The number of Topliss-reactive ketones (excluding diaryl/α,β-unsaturated/α-hetero) is 1. The van der Waals surface area contributed by atoms with Gasteiger partial charge in [0.2, 0.25) is 5.16 Å². The number of thioether (sulfide) groups is 1. The third kappa shape index (κ3) is 4.89. The molecule has 0 saturated carbocycles. The lowest BCUT2D eigenvalue weighted by Crippen LogP contribution is -2.08. The number of aromatic nitrogens is 4. The predicted octanol–water partition coefficient (Wildman–Crippen LogP) is 4.39. The number of aryl methyl sites for hydroxylation is 3. The monoisotopic (exact) mass is 382 g/mol. The van der Waals surface area contributed by atoms with E-state index in [1.807, 2.05) is 19.1 Å². The van der Waals surface area contributed by atoms with E-state index < -0.39 is 0 Å². The number of nitrogens with zero attached hydrogens (tertiary/aromatic N) is 3. The SMILES string of the molecule is CCCc1nc(SCC(=O)c2cc(C)n(CCc3ccccc3)c2C)n[nH]1. The zero-order valence-electron chi connectivity index (χ0n) is 16.2. The fourth-order valence-corrected chi connectivity index (χ4v) is 3.91. The Bertz CT molecular complexity index is 898. The van der Waals surface area contributed by atoms with E-state index in [1.54, 1.807) is 0 Å². The minimum Gasteiger partial charge on any atom is -0.348 e. The molecule has 0 spiro atoms. The quantitative estimate of drug-likeness (QED) is 0.440. The average Bonchev–Trinajstić information content (AvgIpc) is 3.23. The van der Waals surface area contributed by atoms with Crippen LogP contribution in [0, 0.1) is 13.8 Å². The second-order valence-electron chi connectivity index (χ2n) is 6.70. The van der Waals surface area contributed by atoms with Crippen LogP contribution in [0.3, 0.4) is 0 Å². The maximum atomic E-state index is 12.7. The Kier molecular flexibility index (Phi) is 6.50. The summed E-state index contributed by atoms with van der Waals surface area (Å²) in [6, 6.07) is 12.4. The van der Waals surface area contributed by atoms with E-state index in [4.69, 9.17) is 0 Å². The van der Waals surface area contributed by atoms with Crippen molar-refractivity contribution in [2.45, 2.75) is 51.7 Å². The lowest BCUT2D eigenvalue weighted by Gasteiger charge is -2.10. The van der Waals surface area contributed by atoms with Crippen LogP contribution in [0.4, 0.5) is 0 Å². The first-order chi connectivity index (χ1) is 13.1. The molecule has 0 unspecified atom stereocenters. The van der Waals surface area contributed by atoms with E-state index in [0.29, 0.717) is 10.9 Å². The van der Waals surface area contributed by atoms with Gasteiger partial charge in [0, 0.05) is 29.9 Å². The summed E-state index contributed by atoms with van der Waals surface area (Å²) in [4.78, 5) is 17.1. The standard InChI is InChI=1S/C21H26N4OS/c1-4-8-20-22-21(24-23-20)27-14-19(26)18-13-15(2)25(16(18)3)12-11-17-9-6-5-7-10-17/h5-7,9-10,13H,4,8,11-12,14H2,1-3H3,(H,22,23,24). The molecule has 5 nitrogen and oxygen atoms in total. The van der Waals surface area contributed by atoms with Crippen LogP contribution in [0.25, 0.3) is 0 Å². The molecule has 0 aliphatic rings. The number of nitrogens with one attached hydrogen (secondary N) is 1. The molecule has 6 heteroatoms. The fraction of sp³-hybridized carbons (Fsp3) is 0.381. The third-order valence-electron chi connectivity index (χ3n) is 4.67. The van der Waals surface area contributed by atoms with Crippen molar-refractivity contribution in [2.24, 2.45) is 0 Å². The van der Waals surface area contributed by atoms with E-state index >= 15 is 0 Å². The second-order valence-corrected chi connectivity index (χ2v) is 7.64. The molecule has 0 saturated heterocycles. The van der Waals surface area contributed by atoms with E-state index in [1.165, 1.54) is 17.3 Å². The van der Waals surface area contributed by atoms with Gasteiger partial charge in [0.05, 0.1) is 5.75 Å². The topological polar surface area (TPSA) is 63.6 Å². The van der Waals surface area contributed by atoms with Gasteiger partial charge in [0.25, 0.3) is 0 Å². The van der Waals surface area contributed by atoms with Gasteiger partial charge in [0.15, 0.2) is 5.78 Å². The van der Waals surface area contributed by atoms with Crippen LogP contribution >= 0.6 is 11.8 Å². The summed E-state index contributed by atoms with van der Waals surface area (Å²) in [7, 11) is 0. The van der Waals surface area contributed by atoms with Crippen molar-refractivity contribution in [3.8, 4) is 0 Å². The Balaban J connectivity index is 1.62. The Labute approximate surface area is 164 Å². The Morgan fingerprint density at radius 1 is 1.19 bits per heavy atom. The normalized spacial score (nSPS) is 11.1. The van der Waals surface area contributed by atoms with E-state index in [0.717, 1.165) is 48.6 Å². The largest absolute Gasteiger partial charge is 0.348 e. The number of hydrogen-bond acceptors (Lipinski definition) is 4. The lowest BCUT2D eigenvalue weighted by atomic mass is 10.1. The fourth-order valence-electron chi connectivity index (χ4n) is 3.21. The molecule has 3 aromatic rings. The van der Waals surface area contributed by atoms with Crippen LogP contribution in [0.5, 0.6) is 0 Å². The molecule has 2 heterocycles. The van der Waals surface area contributed by atoms with Crippen LogP contribution in [-0.4, -0.2) is 31.3 Å². The molecule has 0 aliphatic heterocycles. The molecule has 3 rings (SSSR count). The minimum absolute atomic E-state index is 0.126. The van der Waals surface area contributed by atoms with Crippen molar-refractivity contribution in [1.29, 1.82) is 0 Å². The molecule has 1 aromatic carbocycles. The highest BCUT2D eigenvalue weighted by atomic mass is 32.2. The van der Waals surface area contributed by atoms with Crippen molar-refractivity contribution in [1.82, 2.24) is 19.7 Å². The summed E-state index contributed by atoms with van der Waals surface area (Å²) in [5.74, 6) is 1.36. The number of carbonyl (C=O) groups is 1. The van der Waals surface area contributed by atoms with E-state index in [9.17, 15) is 4.79 Å². The van der Waals surface area contributed by atoms with Crippen molar-refractivity contribution in [3.05, 3.63) is 64.7 Å². The van der Waals surface area contributed by atoms with Crippen LogP contribution in [-0.2, 0) is 19.4 Å². The van der Waals surface area contributed by atoms with Crippen molar-refractivity contribution in [2.75, 3.05) is 5.75 Å². The molecule has 0 radical (unpaired) electrons. The maximum absolute atomic E-state index is 12.7. The molecule has 2 aromatic heterocycles. The van der Waals surface area contributed by atoms with Gasteiger partial charge in [-0.3, -0.25) is 9.89 Å². The van der Waals surface area contributed by atoms with Gasteiger partial charge in [-0.25, -0.2) is 4.98 Å². The van der Waals surface area contributed by atoms with Gasteiger partial charge in [-0.1, -0.05) is 49.0 Å². The number of carbonyl (C=O) groups excluding carboxylic acids is 1. The number of hydrogen-bond donors (Lipinski definition) is 1. The molecule has 0 aliphatic carbocycles. The molecule has 0 fully saturated rings. The Morgan fingerprint density at radius 3 is 2.70 bits per heavy atom. The van der Waals surface area contributed by atoms with Crippen LogP contribution in [0.1, 0.15) is 46.5 Å². The number of rotatable bonds is 9. The van der Waals surface area contributed by atoms with Gasteiger partial charge in [-0.2, -0.15) is 0 Å². The highest BCUT2D eigenvalue weighted by molar-refractivity contribution is 7.99.